The Balaban J connectivity index is 2.27. The van der Waals surface area contributed by atoms with Crippen molar-refractivity contribution in [2.75, 3.05) is 0 Å². The monoisotopic (exact) mass is 235 g/mol. The first kappa shape index (κ1) is 8.95. The first-order valence-corrected chi connectivity index (χ1v) is 5.68. The summed E-state index contributed by atoms with van der Waals surface area (Å²) in [5, 5.41) is 3.00. The number of aromatic nitrogens is 1. The van der Waals surface area contributed by atoms with Crippen molar-refractivity contribution in [1.29, 1.82) is 0 Å². The summed E-state index contributed by atoms with van der Waals surface area (Å²) in [6.45, 7) is 0. The van der Waals surface area contributed by atoms with Gasteiger partial charge in [-0.25, -0.2) is 4.98 Å². The number of hydrogen-bond donors (Lipinski definition) is 0. The van der Waals surface area contributed by atoms with Crippen LogP contribution in [0, 0.1) is 0 Å². The lowest BCUT2D eigenvalue weighted by molar-refractivity contribution is 0.617. The predicted octanol–water partition coefficient (Wildman–Crippen LogP) is 4.21. The van der Waals surface area contributed by atoms with Gasteiger partial charge in [-0.2, -0.15) is 0 Å². The van der Waals surface area contributed by atoms with Gasteiger partial charge in [-0.05, 0) is 6.07 Å². The Morgan fingerprint density at radius 3 is 2.93 bits per heavy atom. The van der Waals surface area contributed by atoms with Crippen molar-refractivity contribution in [3.8, 4) is 11.3 Å². The van der Waals surface area contributed by atoms with Crippen LogP contribution in [0.25, 0.3) is 22.2 Å². The summed E-state index contributed by atoms with van der Waals surface area (Å²) in [6.07, 6.45) is 1.72. The molecule has 0 amide bonds. The van der Waals surface area contributed by atoms with Crippen LogP contribution < -0.4 is 0 Å². The van der Waals surface area contributed by atoms with Crippen LogP contribution in [0.5, 0.6) is 0 Å². The van der Waals surface area contributed by atoms with E-state index in [9.17, 15) is 0 Å². The molecule has 0 fully saturated rings. The minimum Gasteiger partial charge on any atom is -0.464 e. The third kappa shape index (κ3) is 1.44. The number of furan rings is 1. The van der Waals surface area contributed by atoms with Crippen LogP contribution in [0.1, 0.15) is 0 Å². The van der Waals surface area contributed by atoms with E-state index < -0.39 is 0 Å². The summed E-state index contributed by atoms with van der Waals surface area (Å²) < 4.78 is 5.99. The van der Waals surface area contributed by atoms with Crippen molar-refractivity contribution < 1.29 is 4.42 Å². The van der Waals surface area contributed by atoms with Crippen LogP contribution in [0.3, 0.4) is 0 Å². The summed E-state index contributed by atoms with van der Waals surface area (Å²) >= 11 is 7.23. The minimum absolute atomic E-state index is 0.551. The molecule has 0 N–H and O–H groups in total. The number of hydrogen-bond acceptors (Lipinski definition) is 3. The fraction of sp³-hybridized carbons (Fsp3) is 0. The van der Waals surface area contributed by atoms with Gasteiger partial charge in [0.05, 0.1) is 5.69 Å². The molecule has 0 saturated heterocycles. The van der Waals surface area contributed by atoms with Crippen LogP contribution in [0.2, 0.25) is 4.47 Å². The Morgan fingerprint density at radius 1 is 1.27 bits per heavy atom. The van der Waals surface area contributed by atoms with E-state index in [1.807, 2.05) is 29.6 Å². The third-order valence-corrected chi connectivity index (χ3v) is 3.21. The first-order valence-electron chi connectivity index (χ1n) is 4.42. The highest BCUT2D eigenvalue weighted by molar-refractivity contribution is 7.14. The van der Waals surface area contributed by atoms with Gasteiger partial charge in [-0.15, -0.1) is 11.3 Å². The number of rotatable bonds is 1. The van der Waals surface area contributed by atoms with E-state index in [1.165, 1.54) is 11.3 Å². The fourth-order valence-electron chi connectivity index (χ4n) is 1.55. The summed E-state index contributed by atoms with van der Waals surface area (Å²) in [4.78, 5) is 4.23. The van der Waals surface area contributed by atoms with Crippen LogP contribution in [0.4, 0.5) is 0 Å². The number of fused-ring (bicyclic) bond motifs is 1. The molecule has 1 aromatic carbocycles. The van der Waals surface area contributed by atoms with Crippen molar-refractivity contribution in [3.05, 3.63) is 40.4 Å². The molecule has 0 aliphatic heterocycles. The van der Waals surface area contributed by atoms with E-state index in [1.54, 1.807) is 6.26 Å². The van der Waals surface area contributed by atoms with Crippen LogP contribution in [0.15, 0.2) is 40.3 Å². The van der Waals surface area contributed by atoms with E-state index in [4.69, 9.17) is 16.0 Å². The molecule has 2 heterocycles. The molecule has 2 aromatic heterocycles. The summed E-state index contributed by atoms with van der Waals surface area (Å²) in [5.41, 5.74) is 2.74. The lowest BCUT2D eigenvalue weighted by Crippen LogP contribution is -1.73. The molecule has 3 rings (SSSR count). The van der Waals surface area contributed by atoms with Crippen molar-refractivity contribution in [2.45, 2.75) is 0 Å². The smallest absolute Gasteiger partial charge is 0.184 e. The molecule has 0 bridgehead atoms. The van der Waals surface area contributed by atoms with Gasteiger partial charge >= 0.3 is 0 Å². The maximum absolute atomic E-state index is 5.81. The Morgan fingerprint density at radius 2 is 2.13 bits per heavy atom. The molecule has 0 saturated carbocycles. The lowest BCUT2D eigenvalue weighted by Gasteiger charge is -1.90. The van der Waals surface area contributed by atoms with Gasteiger partial charge in [0.25, 0.3) is 0 Å². The molecule has 3 aromatic rings. The standard InChI is InChI=1S/C11H6ClNOS/c12-11-13-9(6-15-11)8-5-14-10-4-2-1-3-7(8)10/h1-6H. The van der Waals surface area contributed by atoms with Crippen molar-refractivity contribution >= 4 is 33.9 Å². The van der Waals surface area contributed by atoms with E-state index in [-0.39, 0.29) is 0 Å². The second-order valence-electron chi connectivity index (χ2n) is 3.13. The quantitative estimate of drug-likeness (QED) is 0.632. The fourth-order valence-corrected chi connectivity index (χ4v) is 2.32. The van der Waals surface area contributed by atoms with Crippen molar-refractivity contribution in [2.24, 2.45) is 0 Å². The van der Waals surface area contributed by atoms with Crippen molar-refractivity contribution in [3.63, 3.8) is 0 Å². The van der Waals surface area contributed by atoms with Gasteiger partial charge in [-0.3, -0.25) is 0 Å². The molecule has 0 atom stereocenters. The molecular formula is C11H6ClNOS. The predicted molar refractivity (Wildman–Crippen MR) is 62.3 cm³/mol. The third-order valence-electron chi connectivity index (χ3n) is 2.23. The van der Waals surface area contributed by atoms with E-state index >= 15 is 0 Å². The zero-order valence-corrected chi connectivity index (χ0v) is 9.18. The molecular weight excluding hydrogens is 230 g/mol. The number of benzene rings is 1. The molecule has 74 valence electrons. The lowest BCUT2D eigenvalue weighted by atomic mass is 10.1. The van der Waals surface area contributed by atoms with Crippen molar-refractivity contribution in [1.82, 2.24) is 4.98 Å². The SMILES string of the molecule is Clc1nc(-c2coc3ccccc23)cs1. The number of nitrogens with zero attached hydrogens (tertiary/aromatic N) is 1. The highest BCUT2D eigenvalue weighted by Crippen LogP contribution is 2.32. The maximum atomic E-state index is 5.81. The minimum atomic E-state index is 0.551. The molecule has 0 aliphatic carbocycles. The van der Waals surface area contributed by atoms with Gasteiger partial charge in [0.15, 0.2) is 4.47 Å². The Kier molecular flexibility index (Phi) is 2.01. The molecule has 0 unspecified atom stereocenters. The molecule has 0 aliphatic rings. The summed E-state index contributed by atoms with van der Waals surface area (Å²) in [6, 6.07) is 7.88. The molecule has 0 spiro atoms. The van der Waals surface area contributed by atoms with Gasteiger partial charge < -0.3 is 4.42 Å². The van der Waals surface area contributed by atoms with Crippen LogP contribution in [-0.4, -0.2) is 4.98 Å². The zero-order chi connectivity index (χ0) is 10.3. The molecule has 15 heavy (non-hydrogen) atoms. The number of thiazole rings is 1. The maximum Gasteiger partial charge on any atom is 0.184 e. The number of halogens is 1. The molecule has 0 radical (unpaired) electrons. The second-order valence-corrected chi connectivity index (χ2v) is 4.57. The molecule has 2 nitrogen and oxygen atoms in total. The van der Waals surface area contributed by atoms with Gasteiger partial charge in [-0.1, -0.05) is 29.8 Å². The molecule has 4 heteroatoms. The normalized spacial score (nSPS) is 11.0. The van der Waals surface area contributed by atoms with Gasteiger partial charge in [0, 0.05) is 16.3 Å². The van der Waals surface area contributed by atoms with Crippen LogP contribution in [-0.2, 0) is 0 Å². The Bertz CT molecular complexity index is 614. The average Bonchev–Trinajstić information content (AvgIpc) is 2.83. The largest absolute Gasteiger partial charge is 0.464 e. The van der Waals surface area contributed by atoms with E-state index in [0.717, 1.165) is 22.2 Å². The second kappa shape index (κ2) is 3.36. The topological polar surface area (TPSA) is 26.0 Å². The first-order chi connectivity index (χ1) is 7.34. The number of para-hydroxylation sites is 1. The van der Waals surface area contributed by atoms with E-state index in [0.29, 0.717) is 4.47 Å². The highest BCUT2D eigenvalue weighted by atomic mass is 35.5. The highest BCUT2D eigenvalue weighted by Gasteiger charge is 2.09. The summed E-state index contributed by atoms with van der Waals surface area (Å²) in [7, 11) is 0. The zero-order valence-electron chi connectivity index (χ0n) is 7.61. The van der Waals surface area contributed by atoms with E-state index in [2.05, 4.69) is 4.98 Å². The average molecular weight is 236 g/mol. The Labute approximate surface area is 95.1 Å². The van der Waals surface area contributed by atoms with Gasteiger partial charge in [0.1, 0.15) is 11.8 Å². The summed E-state index contributed by atoms with van der Waals surface area (Å²) in [5.74, 6) is 0. The Hall–Kier alpha value is -1.32. The van der Waals surface area contributed by atoms with Crippen LogP contribution >= 0.6 is 22.9 Å². The van der Waals surface area contributed by atoms with Gasteiger partial charge in [0.2, 0.25) is 0 Å².